The van der Waals surface area contributed by atoms with Crippen molar-refractivity contribution in [1.82, 2.24) is 19.7 Å². The number of aryl methyl sites for hydroxylation is 2. The van der Waals surface area contributed by atoms with Gasteiger partial charge in [0.1, 0.15) is 5.82 Å². The van der Waals surface area contributed by atoms with E-state index in [0.29, 0.717) is 37.3 Å². The van der Waals surface area contributed by atoms with Crippen LogP contribution in [0.5, 0.6) is 0 Å². The van der Waals surface area contributed by atoms with E-state index in [4.69, 9.17) is 16.7 Å². The van der Waals surface area contributed by atoms with E-state index >= 15 is 0 Å². The van der Waals surface area contributed by atoms with Crippen molar-refractivity contribution in [3.63, 3.8) is 0 Å². The third kappa shape index (κ3) is 5.41. The van der Waals surface area contributed by atoms with Crippen LogP contribution in [0.15, 0.2) is 30.5 Å². The summed E-state index contributed by atoms with van der Waals surface area (Å²) in [5.41, 5.74) is 2.79. The zero-order valence-corrected chi connectivity index (χ0v) is 18.6. The number of fused-ring (bicyclic) bond motifs is 1. The van der Waals surface area contributed by atoms with Crippen LogP contribution in [-0.2, 0) is 28.4 Å². The van der Waals surface area contributed by atoms with Crippen LogP contribution in [0, 0.1) is 6.92 Å². The molecule has 0 unspecified atom stereocenters. The minimum Gasteiger partial charge on any atom is -0.352 e. The number of amides is 1. The molecule has 0 spiro atoms. The molecule has 0 saturated carbocycles. The Kier molecular flexibility index (Phi) is 6.84. The predicted molar refractivity (Wildman–Crippen MR) is 118 cm³/mol. The normalized spacial score (nSPS) is 11.9. The van der Waals surface area contributed by atoms with Gasteiger partial charge in [0, 0.05) is 42.2 Å². The molecule has 3 N–H and O–H groups in total. The fraction of sp³-hybridized carbons (Fsp3) is 0.400. The van der Waals surface area contributed by atoms with Crippen LogP contribution in [0.3, 0.4) is 0 Å². The van der Waals surface area contributed by atoms with Crippen LogP contribution < -0.4 is 10.5 Å². The number of nitrogens with zero attached hydrogens (tertiary/aromatic N) is 3. The Morgan fingerprint density at radius 3 is 2.73 bits per heavy atom. The van der Waals surface area contributed by atoms with Gasteiger partial charge < -0.3 is 9.88 Å². The number of sulfonamides is 1. The van der Waals surface area contributed by atoms with Gasteiger partial charge in [-0.3, -0.25) is 9.48 Å². The molecule has 30 heavy (non-hydrogen) atoms. The number of hydrogen-bond acceptors (Lipinski definition) is 4. The van der Waals surface area contributed by atoms with Crippen molar-refractivity contribution in [2.24, 2.45) is 12.2 Å². The van der Waals surface area contributed by atoms with Crippen LogP contribution in [0.2, 0.25) is 5.02 Å². The number of nitrogens with one attached hydrogen (secondary N) is 1. The van der Waals surface area contributed by atoms with Gasteiger partial charge in [-0.25, -0.2) is 13.6 Å². The van der Waals surface area contributed by atoms with Crippen molar-refractivity contribution in [3.05, 3.63) is 46.7 Å². The highest BCUT2D eigenvalue weighted by Crippen LogP contribution is 2.26. The van der Waals surface area contributed by atoms with E-state index in [1.165, 1.54) is 0 Å². The summed E-state index contributed by atoms with van der Waals surface area (Å²) in [6.45, 7) is 2.28. The van der Waals surface area contributed by atoms with E-state index in [1.807, 2.05) is 49.0 Å². The van der Waals surface area contributed by atoms with Gasteiger partial charge in [-0.05, 0) is 44.0 Å². The van der Waals surface area contributed by atoms with Gasteiger partial charge in [-0.15, -0.1) is 0 Å². The molecule has 0 aliphatic heterocycles. The smallest absolute Gasteiger partial charge is 0.220 e. The number of primary sulfonamides is 1. The number of rotatable bonds is 9. The maximum absolute atomic E-state index is 12.2. The highest BCUT2D eigenvalue weighted by atomic mass is 35.5. The van der Waals surface area contributed by atoms with E-state index in [2.05, 4.69) is 10.4 Å². The maximum Gasteiger partial charge on any atom is 0.220 e. The summed E-state index contributed by atoms with van der Waals surface area (Å²) in [7, 11) is -1.56. The highest BCUT2D eigenvalue weighted by molar-refractivity contribution is 7.89. The highest BCUT2D eigenvalue weighted by Gasteiger charge is 2.17. The standard InChI is InChI=1S/C20H26ClN5O3S/c1-14-17(13-23-19(27)6-4-3-5-11-30(22,28)29)20(25(2)24-14)26-10-9-15-12-16(21)7-8-18(15)26/h7-10,12H,3-6,11,13H2,1-2H3,(H,23,27)(H2,22,28,29). The number of halogens is 1. The van der Waals surface area contributed by atoms with Crippen molar-refractivity contribution in [2.75, 3.05) is 5.75 Å². The van der Waals surface area contributed by atoms with Crippen molar-refractivity contribution in [3.8, 4) is 5.82 Å². The molecular formula is C20H26ClN5O3S. The summed E-state index contributed by atoms with van der Waals surface area (Å²) < 4.78 is 25.7. The number of hydrogen-bond donors (Lipinski definition) is 2. The fourth-order valence-electron chi connectivity index (χ4n) is 3.54. The molecule has 2 aromatic heterocycles. The first kappa shape index (κ1) is 22.3. The number of aromatic nitrogens is 3. The Bertz CT molecular complexity index is 1170. The number of carbonyl (C=O) groups is 1. The Morgan fingerprint density at radius 2 is 2.00 bits per heavy atom. The Hall–Kier alpha value is -2.36. The van der Waals surface area contributed by atoms with Crippen LogP contribution in [0.1, 0.15) is 36.9 Å². The molecule has 1 aromatic carbocycles. The second kappa shape index (κ2) is 9.20. The van der Waals surface area contributed by atoms with E-state index in [1.54, 1.807) is 4.68 Å². The minimum atomic E-state index is -3.44. The number of benzene rings is 1. The van der Waals surface area contributed by atoms with Crippen molar-refractivity contribution < 1.29 is 13.2 Å². The van der Waals surface area contributed by atoms with E-state index < -0.39 is 10.0 Å². The lowest BCUT2D eigenvalue weighted by Crippen LogP contribution is -2.23. The first-order chi connectivity index (χ1) is 14.2. The predicted octanol–water partition coefficient (Wildman–Crippen LogP) is 2.79. The van der Waals surface area contributed by atoms with Gasteiger partial charge in [-0.2, -0.15) is 5.10 Å². The molecule has 0 saturated heterocycles. The Balaban J connectivity index is 1.67. The van der Waals surface area contributed by atoms with Crippen molar-refractivity contribution >= 4 is 38.4 Å². The van der Waals surface area contributed by atoms with E-state index in [9.17, 15) is 13.2 Å². The molecule has 8 nitrogen and oxygen atoms in total. The lowest BCUT2D eigenvalue weighted by atomic mass is 10.2. The van der Waals surface area contributed by atoms with Crippen molar-refractivity contribution in [2.45, 2.75) is 39.2 Å². The molecule has 0 bridgehead atoms. The van der Waals surface area contributed by atoms with Crippen LogP contribution in [0.25, 0.3) is 16.7 Å². The summed E-state index contributed by atoms with van der Waals surface area (Å²) in [6, 6.07) is 7.71. The molecule has 0 radical (unpaired) electrons. The first-order valence-electron chi connectivity index (χ1n) is 9.72. The summed E-state index contributed by atoms with van der Waals surface area (Å²) in [5, 5.41) is 14.2. The first-order valence-corrected chi connectivity index (χ1v) is 11.8. The average molecular weight is 452 g/mol. The van der Waals surface area contributed by atoms with Gasteiger partial charge in [0.05, 0.1) is 17.0 Å². The largest absolute Gasteiger partial charge is 0.352 e. The summed E-state index contributed by atoms with van der Waals surface area (Å²) >= 11 is 6.10. The Labute approximate surface area is 181 Å². The molecule has 0 atom stereocenters. The lowest BCUT2D eigenvalue weighted by Gasteiger charge is -2.11. The second-order valence-corrected chi connectivity index (χ2v) is 9.52. The molecule has 3 aromatic rings. The molecule has 3 rings (SSSR count). The molecule has 0 aliphatic carbocycles. The lowest BCUT2D eigenvalue weighted by molar-refractivity contribution is -0.121. The van der Waals surface area contributed by atoms with Gasteiger partial charge >= 0.3 is 0 Å². The Morgan fingerprint density at radius 1 is 1.23 bits per heavy atom. The van der Waals surface area contributed by atoms with Gasteiger partial charge in [0.15, 0.2) is 0 Å². The van der Waals surface area contributed by atoms with Crippen LogP contribution >= 0.6 is 11.6 Å². The third-order valence-electron chi connectivity index (χ3n) is 4.99. The second-order valence-electron chi connectivity index (χ2n) is 7.35. The SMILES string of the molecule is Cc1nn(C)c(-n2ccc3cc(Cl)ccc32)c1CNC(=O)CCCCCS(N)(=O)=O. The van der Waals surface area contributed by atoms with Crippen LogP contribution in [-0.4, -0.2) is 34.4 Å². The third-order valence-corrected chi connectivity index (χ3v) is 6.08. The zero-order chi connectivity index (χ0) is 21.9. The molecule has 2 heterocycles. The summed E-state index contributed by atoms with van der Waals surface area (Å²) in [4.78, 5) is 12.2. The van der Waals surface area contributed by atoms with Gasteiger partial charge in [-0.1, -0.05) is 18.0 Å². The number of unbranched alkanes of at least 4 members (excludes halogenated alkanes) is 2. The summed E-state index contributed by atoms with van der Waals surface area (Å²) in [5.74, 6) is 0.755. The fourth-order valence-corrected chi connectivity index (χ4v) is 4.32. The summed E-state index contributed by atoms with van der Waals surface area (Å²) in [6.07, 6.45) is 4.02. The van der Waals surface area contributed by atoms with E-state index in [-0.39, 0.29) is 11.7 Å². The van der Waals surface area contributed by atoms with Crippen LogP contribution in [0.4, 0.5) is 0 Å². The zero-order valence-electron chi connectivity index (χ0n) is 17.1. The molecule has 10 heteroatoms. The molecule has 162 valence electrons. The average Bonchev–Trinajstić information content (AvgIpc) is 3.17. The topological polar surface area (TPSA) is 112 Å². The maximum atomic E-state index is 12.2. The van der Waals surface area contributed by atoms with Crippen molar-refractivity contribution in [1.29, 1.82) is 0 Å². The number of carbonyl (C=O) groups excluding carboxylic acids is 1. The quantitative estimate of drug-likeness (QED) is 0.487. The van der Waals surface area contributed by atoms with E-state index in [0.717, 1.165) is 28.0 Å². The molecule has 0 fully saturated rings. The molecular weight excluding hydrogens is 426 g/mol. The monoisotopic (exact) mass is 451 g/mol. The number of nitrogens with two attached hydrogens (primary N) is 1. The minimum absolute atomic E-state index is 0.0527. The van der Waals surface area contributed by atoms with Gasteiger partial charge in [0.25, 0.3) is 0 Å². The molecule has 1 amide bonds. The molecule has 0 aliphatic rings. The van der Waals surface area contributed by atoms with Gasteiger partial charge in [0.2, 0.25) is 15.9 Å².